The molecule has 0 aliphatic heterocycles. The van der Waals surface area contributed by atoms with Gasteiger partial charge in [0.25, 0.3) is 0 Å². The van der Waals surface area contributed by atoms with Crippen LogP contribution >= 0.6 is 0 Å². The standard InChI is InChI=1S/C14H19N3O/c1-3-16-11(2)8-14(18)17-10-13-6-4-12(9-15)5-7-13/h4-7,11,16H,3,8,10H2,1-2H3,(H,17,18). The van der Waals surface area contributed by atoms with E-state index in [4.69, 9.17) is 5.26 Å². The van der Waals surface area contributed by atoms with E-state index < -0.39 is 0 Å². The summed E-state index contributed by atoms with van der Waals surface area (Å²) in [4.78, 5) is 11.6. The Hall–Kier alpha value is -1.86. The molecule has 0 aromatic heterocycles. The van der Waals surface area contributed by atoms with Crippen LogP contribution in [0, 0.1) is 11.3 Å². The van der Waals surface area contributed by atoms with Crippen LogP contribution in [0.5, 0.6) is 0 Å². The van der Waals surface area contributed by atoms with E-state index in [0.717, 1.165) is 12.1 Å². The zero-order valence-electron chi connectivity index (χ0n) is 10.9. The minimum atomic E-state index is 0.0350. The highest BCUT2D eigenvalue weighted by molar-refractivity contribution is 5.76. The van der Waals surface area contributed by atoms with Gasteiger partial charge < -0.3 is 10.6 Å². The Morgan fingerprint density at radius 2 is 2.06 bits per heavy atom. The molecule has 1 atom stereocenters. The van der Waals surface area contributed by atoms with Crippen LogP contribution in [0.3, 0.4) is 0 Å². The fourth-order valence-electron chi connectivity index (χ4n) is 1.67. The Morgan fingerprint density at radius 3 is 2.61 bits per heavy atom. The summed E-state index contributed by atoms with van der Waals surface area (Å²) in [6.45, 7) is 5.38. The highest BCUT2D eigenvalue weighted by atomic mass is 16.1. The maximum Gasteiger partial charge on any atom is 0.221 e. The van der Waals surface area contributed by atoms with Crippen molar-refractivity contribution in [1.29, 1.82) is 5.26 Å². The second kappa shape index (κ2) is 7.46. The zero-order valence-corrected chi connectivity index (χ0v) is 10.9. The summed E-state index contributed by atoms with van der Waals surface area (Å²) in [5.41, 5.74) is 1.63. The molecule has 0 radical (unpaired) electrons. The SMILES string of the molecule is CCNC(C)CC(=O)NCc1ccc(C#N)cc1. The van der Waals surface area contributed by atoms with Gasteiger partial charge in [-0.3, -0.25) is 4.79 Å². The molecule has 0 fully saturated rings. The van der Waals surface area contributed by atoms with E-state index in [0.29, 0.717) is 18.5 Å². The maximum absolute atomic E-state index is 11.6. The smallest absolute Gasteiger partial charge is 0.221 e. The number of benzene rings is 1. The van der Waals surface area contributed by atoms with Gasteiger partial charge in [-0.1, -0.05) is 19.1 Å². The average molecular weight is 245 g/mol. The summed E-state index contributed by atoms with van der Waals surface area (Å²) in [5, 5.41) is 14.7. The largest absolute Gasteiger partial charge is 0.352 e. The van der Waals surface area contributed by atoms with Crippen LogP contribution in [0.2, 0.25) is 0 Å². The molecule has 4 heteroatoms. The molecule has 0 saturated carbocycles. The maximum atomic E-state index is 11.6. The second-order valence-corrected chi connectivity index (χ2v) is 4.25. The van der Waals surface area contributed by atoms with Crippen molar-refractivity contribution in [3.05, 3.63) is 35.4 Å². The Bertz CT molecular complexity index is 420. The first-order valence-electron chi connectivity index (χ1n) is 6.14. The monoisotopic (exact) mass is 245 g/mol. The first-order valence-corrected chi connectivity index (χ1v) is 6.14. The molecule has 0 spiro atoms. The number of amides is 1. The van der Waals surface area contributed by atoms with Crippen LogP contribution in [0.15, 0.2) is 24.3 Å². The molecule has 0 bridgehead atoms. The Balaban J connectivity index is 2.35. The highest BCUT2D eigenvalue weighted by Gasteiger charge is 2.07. The van der Waals surface area contributed by atoms with Crippen LogP contribution in [0.25, 0.3) is 0 Å². The van der Waals surface area contributed by atoms with Gasteiger partial charge >= 0.3 is 0 Å². The lowest BCUT2D eigenvalue weighted by Gasteiger charge is -2.12. The number of carbonyl (C=O) groups is 1. The van der Waals surface area contributed by atoms with Crippen molar-refractivity contribution in [2.45, 2.75) is 32.9 Å². The lowest BCUT2D eigenvalue weighted by molar-refractivity contribution is -0.121. The first-order chi connectivity index (χ1) is 8.65. The third kappa shape index (κ3) is 4.98. The lowest BCUT2D eigenvalue weighted by Crippen LogP contribution is -2.33. The summed E-state index contributed by atoms with van der Waals surface area (Å²) < 4.78 is 0. The van der Waals surface area contributed by atoms with Gasteiger partial charge in [0.2, 0.25) is 5.91 Å². The molecule has 0 saturated heterocycles. The molecule has 4 nitrogen and oxygen atoms in total. The van der Waals surface area contributed by atoms with Crippen molar-refractivity contribution in [3.63, 3.8) is 0 Å². The molecule has 0 heterocycles. The molecule has 1 rings (SSSR count). The summed E-state index contributed by atoms with van der Waals surface area (Å²) in [7, 11) is 0. The number of nitriles is 1. The van der Waals surface area contributed by atoms with Gasteiger partial charge in [-0.25, -0.2) is 0 Å². The zero-order chi connectivity index (χ0) is 13.4. The Labute approximate surface area is 108 Å². The third-order valence-corrected chi connectivity index (χ3v) is 2.62. The molecule has 1 aromatic rings. The lowest BCUT2D eigenvalue weighted by atomic mass is 10.1. The number of rotatable bonds is 6. The fourth-order valence-corrected chi connectivity index (χ4v) is 1.67. The molecular formula is C14H19N3O. The van der Waals surface area contributed by atoms with Crippen LogP contribution in [-0.4, -0.2) is 18.5 Å². The van der Waals surface area contributed by atoms with E-state index in [-0.39, 0.29) is 11.9 Å². The highest BCUT2D eigenvalue weighted by Crippen LogP contribution is 2.03. The van der Waals surface area contributed by atoms with E-state index in [1.807, 2.05) is 26.0 Å². The summed E-state index contributed by atoms with van der Waals surface area (Å²) in [6, 6.07) is 9.47. The van der Waals surface area contributed by atoms with Crippen molar-refractivity contribution in [2.24, 2.45) is 0 Å². The van der Waals surface area contributed by atoms with Crippen molar-refractivity contribution >= 4 is 5.91 Å². The number of hydrogen-bond acceptors (Lipinski definition) is 3. The molecule has 2 N–H and O–H groups in total. The van der Waals surface area contributed by atoms with Crippen LogP contribution in [-0.2, 0) is 11.3 Å². The van der Waals surface area contributed by atoms with Gasteiger partial charge in [-0.05, 0) is 31.2 Å². The van der Waals surface area contributed by atoms with Crippen molar-refractivity contribution in [3.8, 4) is 6.07 Å². The van der Waals surface area contributed by atoms with E-state index in [2.05, 4.69) is 16.7 Å². The number of carbonyl (C=O) groups excluding carboxylic acids is 1. The van der Waals surface area contributed by atoms with Gasteiger partial charge in [0.15, 0.2) is 0 Å². The molecule has 18 heavy (non-hydrogen) atoms. The number of nitrogens with zero attached hydrogens (tertiary/aromatic N) is 1. The molecule has 96 valence electrons. The predicted molar refractivity (Wildman–Crippen MR) is 70.8 cm³/mol. The molecule has 1 unspecified atom stereocenters. The van der Waals surface area contributed by atoms with Gasteiger partial charge in [0.1, 0.15) is 0 Å². The average Bonchev–Trinajstić information content (AvgIpc) is 2.37. The Morgan fingerprint density at radius 1 is 1.39 bits per heavy atom. The van der Waals surface area contributed by atoms with E-state index in [9.17, 15) is 4.79 Å². The minimum Gasteiger partial charge on any atom is -0.352 e. The van der Waals surface area contributed by atoms with Crippen LogP contribution in [0.1, 0.15) is 31.4 Å². The number of nitrogens with one attached hydrogen (secondary N) is 2. The normalized spacial score (nSPS) is 11.6. The summed E-state index contributed by atoms with van der Waals surface area (Å²) in [5.74, 6) is 0.0350. The fraction of sp³-hybridized carbons (Fsp3) is 0.429. The third-order valence-electron chi connectivity index (χ3n) is 2.62. The van der Waals surface area contributed by atoms with E-state index >= 15 is 0 Å². The summed E-state index contributed by atoms with van der Waals surface area (Å²) >= 11 is 0. The minimum absolute atomic E-state index is 0.0350. The van der Waals surface area contributed by atoms with E-state index in [1.165, 1.54) is 0 Å². The molecular weight excluding hydrogens is 226 g/mol. The first kappa shape index (κ1) is 14.2. The Kier molecular flexibility index (Phi) is 5.89. The van der Waals surface area contributed by atoms with Gasteiger partial charge in [0, 0.05) is 19.0 Å². The van der Waals surface area contributed by atoms with Crippen LogP contribution < -0.4 is 10.6 Å². The van der Waals surface area contributed by atoms with Crippen LogP contribution in [0.4, 0.5) is 0 Å². The van der Waals surface area contributed by atoms with Gasteiger partial charge in [-0.2, -0.15) is 5.26 Å². The number of hydrogen-bond donors (Lipinski definition) is 2. The van der Waals surface area contributed by atoms with Gasteiger partial charge in [-0.15, -0.1) is 0 Å². The molecule has 0 aliphatic rings. The molecule has 1 aromatic carbocycles. The van der Waals surface area contributed by atoms with Crippen molar-refractivity contribution in [2.75, 3.05) is 6.54 Å². The second-order valence-electron chi connectivity index (χ2n) is 4.25. The quantitative estimate of drug-likeness (QED) is 0.799. The predicted octanol–water partition coefficient (Wildman–Crippen LogP) is 1.56. The van der Waals surface area contributed by atoms with Crippen molar-refractivity contribution in [1.82, 2.24) is 10.6 Å². The summed E-state index contributed by atoms with van der Waals surface area (Å²) in [6.07, 6.45) is 0.476. The van der Waals surface area contributed by atoms with E-state index in [1.54, 1.807) is 12.1 Å². The van der Waals surface area contributed by atoms with Gasteiger partial charge in [0.05, 0.1) is 11.6 Å². The molecule has 0 aliphatic carbocycles. The van der Waals surface area contributed by atoms with Crippen molar-refractivity contribution < 1.29 is 4.79 Å². The molecule has 1 amide bonds. The topological polar surface area (TPSA) is 64.9 Å².